The van der Waals surface area contributed by atoms with Crippen LogP contribution in [0.2, 0.25) is 0 Å². The number of hydrogen-bond acceptors (Lipinski definition) is 5. The molecule has 0 aliphatic rings. The first-order valence-electron chi connectivity index (χ1n) is 7.64. The molecule has 1 aromatic carbocycles. The van der Waals surface area contributed by atoms with Crippen molar-refractivity contribution in [1.29, 1.82) is 0 Å². The zero-order chi connectivity index (χ0) is 17.6. The fraction of sp³-hybridized carbons (Fsp3) is 0.562. The minimum atomic E-state index is -0.520. The molecule has 1 aromatic rings. The molecule has 0 unspecified atom stereocenters. The van der Waals surface area contributed by atoms with Crippen LogP contribution in [-0.2, 0) is 0 Å². The number of nitro benzene ring substituents is 1. The van der Waals surface area contributed by atoms with E-state index in [0.29, 0.717) is 25.2 Å². The van der Waals surface area contributed by atoms with Crippen molar-refractivity contribution >= 4 is 23.4 Å². The van der Waals surface area contributed by atoms with Gasteiger partial charge in [-0.15, -0.1) is 11.8 Å². The summed E-state index contributed by atoms with van der Waals surface area (Å²) in [6, 6.07) is 5.36. The molecular weight excluding hydrogens is 314 g/mol. The number of hydrogen-bond donors (Lipinski definition) is 1. The van der Waals surface area contributed by atoms with Gasteiger partial charge in [-0.3, -0.25) is 19.8 Å². The second-order valence-electron chi connectivity index (χ2n) is 5.82. The Balaban J connectivity index is 2.80. The lowest BCUT2D eigenvalue weighted by molar-refractivity contribution is -0.385. The molecule has 0 radical (unpaired) electrons. The molecule has 6 nitrogen and oxygen atoms in total. The Morgan fingerprint density at radius 1 is 1.30 bits per heavy atom. The number of carbonyl (C=O) groups is 1. The second kappa shape index (κ2) is 8.88. The van der Waals surface area contributed by atoms with E-state index in [9.17, 15) is 14.9 Å². The van der Waals surface area contributed by atoms with Crippen molar-refractivity contribution in [2.75, 3.05) is 19.3 Å². The summed E-state index contributed by atoms with van der Waals surface area (Å²) in [6.45, 7) is 9.58. The van der Waals surface area contributed by atoms with Crippen LogP contribution in [0.1, 0.15) is 38.1 Å². The van der Waals surface area contributed by atoms with Gasteiger partial charge < -0.3 is 5.32 Å². The molecule has 7 heteroatoms. The number of amides is 1. The van der Waals surface area contributed by atoms with Crippen molar-refractivity contribution in [2.45, 2.75) is 44.7 Å². The number of rotatable bonds is 8. The molecule has 128 valence electrons. The summed E-state index contributed by atoms with van der Waals surface area (Å²) in [5.74, 6) is -0.403. The van der Waals surface area contributed by atoms with Gasteiger partial charge in [-0.1, -0.05) is 0 Å². The first-order valence-corrected chi connectivity index (χ1v) is 8.86. The summed E-state index contributed by atoms with van der Waals surface area (Å²) in [5, 5.41) is 13.9. The highest BCUT2D eigenvalue weighted by Gasteiger charge is 2.21. The standard InChI is InChI=1S/C16H25N3O3S/c1-11(2)18(12(3)4)9-8-17-16(20)14-10-13(23-5)6-7-15(14)19(21)22/h6-7,10-12H,8-9H2,1-5H3,(H,17,20). The molecule has 1 rings (SSSR count). The second-order valence-corrected chi connectivity index (χ2v) is 6.70. The highest BCUT2D eigenvalue weighted by atomic mass is 32.2. The normalized spacial score (nSPS) is 11.3. The molecule has 23 heavy (non-hydrogen) atoms. The van der Waals surface area contributed by atoms with Gasteiger partial charge in [0, 0.05) is 36.1 Å². The van der Waals surface area contributed by atoms with Crippen molar-refractivity contribution in [3.8, 4) is 0 Å². The maximum Gasteiger partial charge on any atom is 0.282 e. The summed E-state index contributed by atoms with van der Waals surface area (Å²) < 4.78 is 0. The minimum absolute atomic E-state index is 0.113. The van der Waals surface area contributed by atoms with Crippen LogP contribution < -0.4 is 5.32 Å². The first kappa shape index (κ1) is 19.4. The number of benzene rings is 1. The molecular formula is C16H25N3O3S. The van der Waals surface area contributed by atoms with Crippen LogP contribution in [0.5, 0.6) is 0 Å². The molecule has 0 saturated heterocycles. The average Bonchev–Trinajstić information content (AvgIpc) is 2.49. The minimum Gasteiger partial charge on any atom is -0.351 e. The number of nitrogens with zero attached hydrogens (tertiary/aromatic N) is 2. The SMILES string of the molecule is CSc1ccc([N+](=O)[O-])c(C(=O)NCCN(C(C)C)C(C)C)c1. The predicted octanol–water partition coefficient (Wildman–Crippen LogP) is 3.17. The topological polar surface area (TPSA) is 75.5 Å². The van der Waals surface area contributed by atoms with Crippen LogP contribution in [0, 0.1) is 10.1 Å². The Morgan fingerprint density at radius 2 is 1.91 bits per heavy atom. The Hall–Kier alpha value is -1.60. The summed E-state index contributed by atoms with van der Waals surface area (Å²) >= 11 is 1.45. The van der Waals surface area contributed by atoms with Crippen LogP contribution in [0.25, 0.3) is 0 Å². The lowest BCUT2D eigenvalue weighted by Gasteiger charge is -2.30. The zero-order valence-electron chi connectivity index (χ0n) is 14.3. The van der Waals surface area contributed by atoms with Crippen LogP contribution in [-0.4, -0.2) is 47.2 Å². The lowest BCUT2D eigenvalue weighted by Crippen LogP contribution is -2.42. The van der Waals surface area contributed by atoms with Crippen molar-refractivity contribution < 1.29 is 9.72 Å². The molecule has 1 N–H and O–H groups in total. The molecule has 0 aliphatic heterocycles. The van der Waals surface area contributed by atoms with E-state index in [1.54, 1.807) is 12.1 Å². The van der Waals surface area contributed by atoms with E-state index >= 15 is 0 Å². The van der Waals surface area contributed by atoms with Gasteiger partial charge in [-0.25, -0.2) is 0 Å². The molecule has 0 aromatic heterocycles. The third-order valence-corrected chi connectivity index (χ3v) is 4.35. The number of nitrogens with one attached hydrogen (secondary N) is 1. The third kappa shape index (κ3) is 5.51. The van der Waals surface area contributed by atoms with Crippen LogP contribution >= 0.6 is 11.8 Å². The van der Waals surface area contributed by atoms with Crippen molar-refractivity contribution in [2.24, 2.45) is 0 Å². The summed E-state index contributed by atoms with van der Waals surface area (Å²) in [5.41, 5.74) is -0.0487. The summed E-state index contributed by atoms with van der Waals surface area (Å²) in [6.07, 6.45) is 1.87. The van der Waals surface area contributed by atoms with Crippen molar-refractivity contribution in [1.82, 2.24) is 10.2 Å². The summed E-state index contributed by atoms with van der Waals surface area (Å²) in [4.78, 5) is 26.0. The van der Waals surface area contributed by atoms with Gasteiger partial charge in [0.1, 0.15) is 5.56 Å². The van der Waals surface area contributed by atoms with Crippen LogP contribution in [0.4, 0.5) is 5.69 Å². The molecule has 0 bridgehead atoms. The maximum atomic E-state index is 12.3. The third-order valence-electron chi connectivity index (χ3n) is 3.63. The molecule has 1 amide bonds. The fourth-order valence-corrected chi connectivity index (χ4v) is 2.93. The molecule has 0 fully saturated rings. The molecule has 0 spiro atoms. The van der Waals surface area contributed by atoms with E-state index in [1.165, 1.54) is 17.8 Å². The quantitative estimate of drug-likeness (QED) is 0.447. The van der Waals surface area contributed by atoms with E-state index in [0.717, 1.165) is 4.90 Å². The fourth-order valence-electron chi connectivity index (χ4n) is 2.49. The van der Waals surface area contributed by atoms with E-state index in [-0.39, 0.29) is 11.3 Å². The Kier molecular flexibility index (Phi) is 7.51. The maximum absolute atomic E-state index is 12.3. The molecule has 0 saturated carbocycles. The van der Waals surface area contributed by atoms with Gasteiger partial charge in [0.15, 0.2) is 0 Å². The van der Waals surface area contributed by atoms with Gasteiger partial charge in [0.05, 0.1) is 4.92 Å². The molecule has 0 atom stereocenters. The largest absolute Gasteiger partial charge is 0.351 e. The van der Waals surface area contributed by atoms with Gasteiger partial charge in [-0.2, -0.15) is 0 Å². The number of nitro groups is 1. The van der Waals surface area contributed by atoms with Crippen molar-refractivity contribution in [3.63, 3.8) is 0 Å². The Bertz CT molecular complexity index is 554. The highest BCUT2D eigenvalue weighted by molar-refractivity contribution is 7.98. The van der Waals surface area contributed by atoms with E-state index in [4.69, 9.17) is 0 Å². The summed E-state index contributed by atoms with van der Waals surface area (Å²) in [7, 11) is 0. The first-order chi connectivity index (χ1) is 10.8. The lowest BCUT2D eigenvalue weighted by atomic mass is 10.1. The molecule has 0 aliphatic carbocycles. The highest BCUT2D eigenvalue weighted by Crippen LogP contribution is 2.24. The van der Waals surface area contributed by atoms with E-state index < -0.39 is 10.8 Å². The smallest absolute Gasteiger partial charge is 0.282 e. The molecule has 0 heterocycles. The van der Waals surface area contributed by atoms with E-state index in [1.807, 2.05) is 6.26 Å². The van der Waals surface area contributed by atoms with Crippen molar-refractivity contribution in [3.05, 3.63) is 33.9 Å². The van der Waals surface area contributed by atoms with Gasteiger partial charge in [0.2, 0.25) is 0 Å². The predicted molar refractivity (Wildman–Crippen MR) is 94.2 cm³/mol. The zero-order valence-corrected chi connectivity index (χ0v) is 15.1. The van der Waals surface area contributed by atoms with Gasteiger partial charge in [-0.05, 0) is 46.1 Å². The Labute approximate surface area is 141 Å². The average molecular weight is 339 g/mol. The van der Waals surface area contributed by atoms with E-state index in [2.05, 4.69) is 37.9 Å². The van der Waals surface area contributed by atoms with Gasteiger partial charge in [0.25, 0.3) is 11.6 Å². The number of carbonyl (C=O) groups excluding carboxylic acids is 1. The van der Waals surface area contributed by atoms with Crippen LogP contribution in [0.3, 0.4) is 0 Å². The van der Waals surface area contributed by atoms with Gasteiger partial charge >= 0.3 is 0 Å². The number of thioether (sulfide) groups is 1. The Morgan fingerprint density at radius 3 is 2.39 bits per heavy atom. The monoisotopic (exact) mass is 339 g/mol. The van der Waals surface area contributed by atoms with Crippen LogP contribution in [0.15, 0.2) is 23.1 Å².